The highest BCUT2D eigenvalue weighted by Gasteiger charge is 2.15. The minimum atomic E-state index is 0.714. The van der Waals surface area contributed by atoms with Gasteiger partial charge >= 0.3 is 0 Å². The average molecular weight is 238 g/mol. The third kappa shape index (κ3) is 1.79. The molecule has 0 bridgehead atoms. The van der Waals surface area contributed by atoms with Crippen molar-refractivity contribution in [3.05, 3.63) is 36.0 Å². The molecule has 90 valence electrons. The third-order valence-electron chi connectivity index (χ3n) is 3.32. The van der Waals surface area contributed by atoms with E-state index in [2.05, 4.69) is 21.3 Å². The predicted octanol–water partition coefficient (Wildman–Crippen LogP) is 1.52. The summed E-state index contributed by atoms with van der Waals surface area (Å²) in [5.41, 5.74) is 0.714. The third-order valence-corrected chi connectivity index (χ3v) is 3.32. The largest absolute Gasteiger partial charge is 0.354 e. The first-order valence-electron chi connectivity index (χ1n) is 6.13. The zero-order chi connectivity index (χ0) is 12.4. The summed E-state index contributed by atoms with van der Waals surface area (Å²) in [5, 5.41) is 14.5. The molecule has 1 aromatic carbocycles. The smallest absolute Gasteiger partial charge is 0.136 e. The van der Waals surface area contributed by atoms with Crippen LogP contribution in [-0.4, -0.2) is 31.2 Å². The maximum Gasteiger partial charge on any atom is 0.136 e. The Bertz CT molecular complexity index is 609. The molecule has 4 heteroatoms. The van der Waals surface area contributed by atoms with Crippen LogP contribution in [0.2, 0.25) is 0 Å². The van der Waals surface area contributed by atoms with Crippen molar-refractivity contribution in [2.24, 2.45) is 0 Å². The van der Waals surface area contributed by atoms with Gasteiger partial charge in [0.25, 0.3) is 0 Å². The molecule has 1 saturated heterocycles. The Labute approximate surface area is 106 Å². The van der Waals surface area contributed by atoms with E-state index in [4.69, 9.17) is 5.26 Å². The van der Waals surface area contributed by atoms with E-state index in [1.165, 1.54) is 0 Å². The number of piperazine rings is 1. The zero-order valence-electron chi connectivity index (χ0n) is 10.1. The van der Waals surface area contributed by atoms with Crippen molar-refractivity contribution in [3.8, 4) is 6.07 Å². The van der Waals surface area contributed by atoms with Gasteiger partial charge in [-0.25, -0.2) is 4.98 Å². The monoisotopic (exact) mass is 238 g/mol. The van der Waals surface area contributed by atoms with Crippen LogP contribution in [0.15, 0.2) is 30.5 Å². The summed E-state index contributed by atoms with van der Waals surface area (Å²) in [6.45, 7) is 3.89. The van der Waals surface area contributed by atoms with Gasteiger partial charge in [0.15, 0.2) is 0 Å². The fraction of sp³-hybridized carbons (Fsp3) is 0.286. The minimum absolute atomic E-state index is 0.714. The van der Waals surface area contributed by atoms with E-state index in [-0.39, 0.29) is 0 Å². The summed E-state index contributed by atoms with van der Waals surface area (Å²) < 4.78 is 0. The fourth-order valence-electron chi connectivity index (χ4n) is 2.42. The molecule has 18 heavy (non-hydrogen) atoms. The maximum absolute atomic E-state index is 9.14. The lowest BCUT2D eigenvalue weighted by Gasteiger charge is -2.29. The van der Waals surface area contributed by atoms with E-state index >= 15 is 0 Å². The lowest BCUT2D eigenvalue weighted by atomic mass is 10.1. The van der Waals surface area contributed by atoms with Gasteiger partial charge in [0.1, 0.15) is 5.82 Å². The number of nitrogens with one attached hydrogen (secondary N) is 1. The zero-order valence-corrected chi connectivity index (χ0v) is 10.1. The molecule has 1 aliphatic heterocycles. The van der Waals surface area contributed by atoms with Crippen LogP contribution in [-0.2, 0) is 0 Å². The molecule has 0 radical (unpaired) electrons. The molecule has 1 aromatic heterocycles. The molecule has 0 amide bonds. The van der Waals surface area contributed by atoms with E-state index in [1.54, 1.807) is 6.20 Å². The number of nitriles is 1. The Balaban J connectivity index is 2.15. The van der Waals surface area contributed by atoms with E-state index in [1.807, 2.05) is 24.3 Å². The molecule has 0 saturated carbocycles. The van der Waals surface area contributed by atoms with Gasteiger partial charge in [0, 0.05) is 43.1 Å². The minimum Gasteiger partial charge on any atom is -0.354 e. The molecule has 1 fully saturated rings. The van der Waals surface area contributed by atoms with Crippen LogP contribution in [0.1, 0.15) is 5.56 Å². The second-order valence-electron chi connectivity index (χ2n) is 4.38. The van der Waals surface area contributed by atoms with Gasteiger partial charge in [-0.05, 0) is 12.1 Å². The fourth-order valence-corrected chi connectivity index (χ4v) is 2.42. The first-order chi connectivity index (χ1) is 8.90. The van der Waals surface area contributed by atoms with Crippen molar-refractivity contribution in [1.29, 1.82) is 5.26 Å². The maximum atomic E-state index is 9.14. The number of fused-ring (bicyclic) bond motifs is 1. The number of aromatic nitrogens is 1. The molecule has 3 rings (SSSR count). The van der Waals surface area contributed by atoms with Crippen molar-refractivity contribution >= 4 is 16.6 Å². The standard InChI is InChI=1S/C14H14N4/c15-10-11-2-1-3-13-12(11)4-5-17-14(13)18-8-6-16-7-9-18/h1-5,16H,6-9H2. The van der Waals surface area contributed by atoms with Crippen LogP contribution in [0, 0.1) is 11.3 Å². The predicted molar refractivity (Wildman–Crippen MR) is 71.5 cm³/mol. The van der Waals surface area contributed by atoms with Crippen molar-refractivity contribution in [3.63, 3.8) is 0 Å². The highest BCUT2D eigenvalue weighted by molar-refractivity contribution is 5.95. The number of nitrogens with zero attached hydrogens (tertiary/aromatic N) is 3. The van der Waals surface area contributed by atoms with Crippen LogP contribution in [0.4, 0.5) is 5.82 Å². The van der Waals surface area contributed by atoms with Crippen molar-refractivity contribution in [2.75, 3.05) is 31.1 Å². The molecule has 1 aliphatic rings. The normalized spacial score (nSPS) is 15.6. The molecule has 4 nitrogen and oxygen atoms in total. The molecular weight excluding hydrogens is 224 g/mol. The SMILES string of the molecule is N#Cc1cccc2c(N3CCNCC3)nccc12. The summed E-state index contributed by atoms with van der Waals surface area (Å²) in [4.78, 5) is 6.77. The Morgan fingerprint density at radius 1 is 1.17 bits per heavy atom. The number of anilines is 1. The number of hydrogen-bond acceptors (Lipinski definition) is 4. The summed E-state index contributed by atoms with van der Waals surface area (Å²) in [7, 11) is 0. The van der Waals surface area contributed by atoms with E-state index in [0.717, 1.165) is 42.8 Å². The second kappa shape index (κ2) is 4.63. The molecule has 2 heterocycles. The highest BCUT2D eigenvalue weighted by atomic mass is 15.2. The molecule has 1 N–H and O–H groups in total. The van der Waals surface area contributed by atoms with Crippen LogP contribution in [0.25, 0.3) is 10.8 Å². The first kappa shape index (κ1) is 11.0. The first-order valence-corrected chi connectivity index (χ1v) is 6.13. The van der Waals surface area contributed by atoms with Crippen molar-refractivity contribution in [2.45, 2.75) is 0 Å². The van der Waals surface area contributed by atoms with E-state index in [0.29, 0.717) is 5.56 Å². The topological polar surface area (TPSA) is 52.0 Å². The molecule has 0 unspecified atom stereocenters. The van der Waals surface area contributed by atoms with Gasteiger partial charge < -0.3 is 10.2 Å². The van der Waals surface area contributed by atoms with Gasteiger partial charge in [-0.1, -0.05) is 12.1 Å². The highest BCUT2D eigenvalue weighted by Crippen LogP contribution is 2.26. The van der Waals surface area contributed by atoms with Gasteiger partial charge in [0.2, 0.25) is 0 Å². The Morgan fingerprint density at radius 3 is 2.78 bits per heavy atom. The van der Waals surface area contributed by atoms with Crippen LogP contribution < -0.4 is 10.2 Å². The Kier molecular flexibility index (Phi) is 2.83. The lowest BCUT2D eigenvalue weighted by molar-refractivity contribution is 0.586. The molecule has 2 aromatic rings. The number of hydrogen-bond donors (Lipinski definition) is 1. The van der Waals surface area contributed by atoms with Crippen molar-refractivity contribution < 1.29 is 0 Å². The van der Waals surface area contributed by atoms with Crippen molar-refractivity contribution in [1.82, 2.24) is 10.3 Å². The lowest BCUT2D eigenvalue weighted by Crippen LogP contribution is -2.43. The summed E-state index contributed by atoms with van der Waals surface area (Å²) >= 11 is 0. The Hall–Kier alpha value is -2.12. The molecular formula is C14H14N4. The molecule has 0 aliphatic carbocycles. The van der Waals surface area contributed by atoms with Crippen LogP contribution in [0.5, 0.6) is 0 Å². The molecule has 0 spiro atoms. The number of pyridine rings is 1. The summed E-state index contributed by atoms with van der Waals surface area (Å²) in [6.07, 6.45) is 1.79. The second-order valence-corrected chi connectivity index (χ2v) is 4.38. The van der Waals surface area contributed by atoms with Gasteiger partial charge in [-0.2, -0.15) is 5.26 Å². The van der Waals surface area contributed by atoms with Gasteiger partial charge in [-0.15, -0.1) is 0 Å². The number of rotatable bonds is 1. The Morgan fingerprint density at radius 2 is 2.00 bits per heavy atom. The average Bonchev–Trinajstić information content (AvgIpc) is 2.47. The quantitative estimate of drug-likeness (QED) is 0.818. The van der Waals surface area contributed by atoms with E-state index in [9.17, 15) is 0 Å². The molecule has 0 atom stereocenters. The summed E-state index contributed by atoms with van der Waals surface area (Å²) in [5.74, 6) is 0.992. The van der Waals surface area contributed by atoms with Crippen LogP contribution >= 0.6 is 0 Å². The van der Waals surface area contributed by atoms with Gasteiger partial charge in [0.05, 0.1) is 11.6 Å². The van der Waals surface area contributed by atoms with Gasteiger partial charge in [-0.3, -0.25) is 0 Å². The summed E-state index contributed by atoms with van der Waals surface area (Å²) in [6, 6.07) is 9.98. The van der Waals surface area contributed by atoms with Crippen LogP contribution in [0.3, 0.4) is 0 Å². The number of benzene rings is 1. The van der Waals surface area contributed by atoms with E-state index < -0.39 is 0 Å².